The van der Waals surface area contributed by atoms with E-state index in [1.54, 1.807) is 0 Å². The minimum Gasteiger partial charge on any atom is -0.334 e. The van der Waals surface area contributed by atoms with Crippen LogP contribution < -0.4 is 31.1 Å². The molecule has 3 nitrogen and oxygen atoms in total. The lowest BCUT2D eigenvalue weighted by Gasteiger charge is -2.51. The van der Waals surface area contributed by atoms with Gasteiger partial charge in [0, 0.05) is 71.1 Å². The molecule has 0 N–H and O–H groups in total. The van der Waals surface area contributed by atoms with Crippen LogP contribution in [0.5, 0.6) is 0 Å². The fourth-order valence-corrected chi connectivity index (χ4v) is 13.8. The maximum atomic E-state index is 2.79. The molecule has 0 spiro atoms. The monoisotopic (exact) mass is 893 g/mol. The predicted molar refractivity (Wildman–Crippen MR) is 292 cm³/mol. The third-order valence-electron chi connectivity index (χ3n) is 16.7. The normalized spacial score (nSPS) is 19.9. The Bertz CT molecular complexity index is 3320. The molecule has 2 atom stereocenters. The molecular formula is C62H64BN3S. The molecule has 0 amide bonds. The Labute approximate surface area is 403 Å². The van der Waals surface area contributed by atoms with E-state index in [1.807, 2.05) is 11.3 Å². The molecule has 0 bridgehead atoms. The van der Waals surface area contributed by atoms with Crippen LogP contribution in [0.2, 0.25) is 0 Å². The smallest absolute Gasteiger partial charge is 0.252 e. The largest absolute Gasteiger partial charge is 0.334 e. The summed E-state index contributed by atoms with van der Waals surface area (Å²) in [6.45, 7) is 26.3. The van der Waals surface area contributed by atoms with Crippen LogP contribution in [-0.4, -0.2) is 12.3 Å². The van der Waals surface area contributed by atoms with E-state index in [4.69, 9.17) is 0 Å². The third-order valence-corrected chi connectivity index (χ3v) is 17.8. The van der Waals surface area contributed by atoms with Crippen molar-refractivity contribution in [3.05, 3.63) is 162 Å². The number of fused-ring (bicyclic) bond motifs is 10. The molecule has 7 aromatic carbocycles. The molecule has 1 aliphatic carbocycles. The standard InChI is InChI=1S/C62H64BN3S/c1-58(2,3)39-22-26-42(27-23-39)64-51-30-24-40(59(4,5)6)34-48(51)63-49-35-41(60(7,8)9)25-31-52(49)65(43-28-29-46-45-18-12-15-21-55(45)67-56(46)38-43)54-37-44(36-53(64)57(54)63)66-50-20-14-13-19-47(50)61(10)32-16-17-33-62(61,66)11/h12-15,18-31,34-38H,16-17,32-33H2,1-11H3. The predicted octanol–water partition coefficient (Wildman–Crippen LogP) is 15.8. The van der Waals surface area contributed by atoms with Gasteiger partial charge in [0.25, 0.3) is 6.71 Å². The highest BCUT2D eigenvalue weighted by Gasteiger charge is 2.58. The molecule has 12 rings (SSSR count). The van der Waals surface area contributed by atoms with Crippen molar-refractivity contribution >= 4 is 100 Å². The maximum Gasteiger partial charge on any atom is 0.252 e. The summed E-state index contributed by atoms with van der Waals surface area (Å²) in [4.78, 5) is 8.07. The first-order valence-corrected chi connectivity index (χ1v) is 25.7. The zero-order valence-electron chi connectivity index (χ0n) is 41.4. The van der Waals surface area contributed by atoms with Crippen molar-refractivity contribution in [1.29, 1.82) is 0 Å². The summed E-state index contributed by atoms with van der Waals surface area (Å²) in [6.07, 6.45) is 4.83. The highest BCUT2D eigenvalue weighted by Crippen LogP contribution is 2.62. The Kier molecular flexibility index (Phi) is 9.13. The molecule has 0 radical (unpaired) electrons. The van der Waals surface area contributed by atoms with Crippen LogP contribution >= 0.6 is 11.3 Å². The van der Waals surface area contributed by atoms with Gasteiger partial charge in [-0.05, 0) is 135 Å². The molecule has 3 aliphatic heterocycles. The first kappa shape index (κ1) is 42.6. The molecule has 0 saturated heterocycles. The number of hydrogen-bond donors (Lipinski definition) is 0. The van der Waals surface area contributed by atoms with Crippen molar-refractivity contribution in [3.63, 3.8) is 0 Å². The van der Waals surface area contributed by atoms with E-state index < -0.39 is 0 Å². The fourth-order valence-electron chi connectivity index (χ4n) is 12.7. The second kappa shape index (κ2) is 14.4. The van der Waals surface area contributed by atoms with Gasteiger partial charge in [-0.25, -0.2) is 0 Å². The highest BCUT2D eigenvalue weighted by molar-refractivity contribution is 7.25. The summed E-state index contributed by atoms with van der Waals surface area (Å²) in [5.74, 6) is 0. The van der Waals surface area contributed by atoms with Crippen LogP contribution in [0, 0.1) is 0 Å². The lowest BCUT2D eigenvalue weighted by atomic mass is 9.33. The Morgan fingerprint density at radius 3 is 1.64 bits per heavy atom. The summed E-state index contributed by atoms with van der Waals surface area (Å²) in [7, 11) is 0. The Morgan fingerprint density at radius 1 is 0.463 bits per heavy atom. The van der Waals surface area contributed by atoms with Crippen LogP contribution in [0.3, 0.4) is 0 Å². The molecular weight excluding hydrogens is 830 g/mol. The number of nitrogens with zero attached hydrogens (tertiary/aromatic N) is 3. The zero-order valence-corrected chi connectivity index (χ0v) is 42.3. The molecule has 67 heavy (non-hydrogen) atoms. The van der Waals surface area contributed by atoms with Crippen molar-refractivity contribution in [2.75, 3.05) is 14.7 Å². The van der Waals surface area contributed by atoms with Gasteiger partial charge in [0.15, 0.2) is 0 Å². The molecule has 5 heteroatoms. The van der Waals surface area contributed by atoms with Gasteiger partial charge >= 0.3 is 0 Å². The summed E-state index contributed by atoms with van der Waals surface area (Å²) in [6, 6.07) is 55.0. The van der Waals surface area contributed by atoms with Crippen LogP contribution in [0.15, 0.2) is 140 Å². The summed E-state index contributed by atoms with van der Waals surface area (Å²) in [5, 5.41) is 2.66. The van der Waals surface area contributed by atoms with Gasteiger partial charge in [0.1, 0.15) is 0 Å². The molecule has 8 aromatic rings. The van der Waals surface area contributed by atoms with Gasteiger partial charge in [0.05, 0.1) is 5.54 Å². The molecule has 1 aromatic heterocycles. The van der Waals surface area contributed by atoms with E-state index in [0.717, 1.165) is 6.42 Å². The SMILES string of the molecule is CC(C)(C)c1ccc(N2c3ccc(C(C)(C)C)cc3B3c4cc(C(C)(C)C)ccc4N(c4ccc5c(c4)sc4ccccc45)c4cc(N5c6ccccc6C6(C)CCCCC56C)cc2c43)cc1. The fraction of sp³-hybridized carbons (Fsp3) is 0.323. The number of anilines is 8. The second-order valence-electron chi connectivity index (χ2n) is 23.8. The number of thiophene rings is 1. The first-order valence-electron chi connectivity index (χ1n) is 24.8. The maximum absolute atomic E-state index is 2.79. The van der Waals surface area contributed by atoms with Crippen LogP contribution in [0.1, 0.15) is 124 Å². The quantitative estimate of drug-likeness (QED) is 0.164. The van der Waals surface area contributed by atoms with Crippen molar-refractivity contribution in [2.45, 2.75) is 129 Å². The minimum atomic E-state index is -0.0995. The summed E-state index contributed by atoms with van der Waals surface area (Å²) >= 11 is 1.91. The Morgan fingerprint density at radius 2 is 1.00 bits per heavy atom. The van der Waals surface area contributed by atoms with Crippen LogP contribution in [0.4, 0.5) is 45.5 Å². The average Bonchev–Trinajstić information content (AvgIpc) is 3.76. The number of rotatable bonds is 3. The number of para-hydroxylation sites is 1. The third kappa shape index (κ3) is 6.22. The molecule has 1 fully saturated rings. The van der Waals surface area contributed by atoms with Gasteiger partial charge < -0.3 is 14.7 Å². The van der Waals surface area contributed by atoms with Crippen molar-refractivity contribution in [1.82, 2.24) is 0 Å². The van der Waals surface area contributed by atoms with Crippen LogP contribution in [-0.2, 0) is 21.7 Å². The molecule has 4 heterocycles. The highest BCUT2D eigenvalue weighted by atomic mass is 32.1. The van der Waals surface area contributed by atoms with E-state index in [2.05, 4.69) is 230 Å². The van der Waals surface area contributed by atoms with Gasteiger partial charge in [-0.2, -0.15) is 0 Å². The number of benzene rings is 7. The molecule has 2 unspecified atom stereocenters. The van der Waals surface area contributed by atoms with Gasteiger partial charge in [-0.15, -0.1) is 11.3 Å². The second-order valence-corrected chi connectivity index (χ2v) is 24.9. The Balaban J connectivity index is 1.21. The first-order chi connectivity index (χ1) is 31.8. The number of hydrogen-bond acceptors (Lipinski definition) is 4. The van der Waals surface area contributed by atoms with Crippen LogP contribution in [0.25, 0.3) is 20.2 Å². The molecule has 336 valence electrons. The lowest BCUT2D eigenvalue weighted by Crippen LogP contribution is -2.62. The molecule has 4 aliphatic rings. The Hall–Kier alpha value is -5.78. The van der Waals surface area contributed by atoms with Crippen molar-refractivity contribution < 1.29 is 0 Å². The van der Waals surface area contributed by atoms with Gasteiger partial charge in [-0.3, -0.25) is 0 Å². The summed E-state index contributed by atoms with van der Waals surface area (Å²) < 4.78 is 2.65. The van der Waals surface area contributed by atoms with E-state index in [1.165, 1.54) is 124 Å². The van der Waals surface area contributed by atoms with E-state index in [0.29, 0.717) is 0 Å². The molecule has 1 saturated carbocycles. The van der Waals surface area contributed by atoms with Gasteiger partial charge in [0.2, 0.25) is 0 Å². The minimum absolute atomic E-state index is 0.0180. The van der Waals surface area contributed by atoms with Crippen molar-refractivity contribution in [2.24, 2.45) is 0 Å². The topological polar surface area (TPSA) is 9.72 Å². The van der Waals surface area contributed by atoms with E-state index in [-0.39, 0.29) is 33.9 Å². The van der Waals surface area contributed by atoms with E-state index >= 15 is 0 Å². The average molecular weight is 894 g/mol. The zero-order chi connectivity index (χ0) is 46.6. The van der Waals surface area contributed by atoms with Gasteiger partial charge in [-0.1, -0.05) is 161 Å². The van der Waals surface area contributed by atoms with E-state index in [9.17, 15) is 0 Å². The summed E-state index contributed by atoms with van der Waals surface area (Å²) in [5.41, 5.74) is 19.7. The lowest BCUT2D eigenvalue weighted by molar-refractivity contribution is 0.195. The van der Waals surface area contributed by atoms with Crippen molar-refractivity contribution in [3.8, 4) is 0 Å².